The highest BCUT2D eigenvalue weighted by Crippen LogP contribution is 2.32. The van der Waals surface area contributed by atoms with E-state index in [1.165, 1.54) is 45.6 Å². The number of aromatic hydroxyl groups is 1. The maximum absolute atomic E-state index is 12.9. The number of rotatable bonds is 8. The largest absolute Gasteiger partial charge is 0.506 e. The second-order valence-electron chi connectivity index (χ2n) is 6.94. The smallest absolute Gasteiger partial charge is 0.262 e. The Balaban J connectivity index is 1.91. The molecule has 3 rings (SSSR count). The first kappa shape index (κ1) is 23.7. The van der Waals surface area contributed by atoms with Crippen molar-refractivity contribution in [2.45, 2.75) is 11.8 Å². The van der Waals surface area contributed by atoms with Crippen LogP contribution in [-0.4, -0.2) is 40.8 Å². The Labute approximate surface area is 192 Å². The number of sulfonamides is 1. The summed E-state index contributed by atoms with van der Waals surface area (Å²) < 4.78 is 44.0. The average Bonchev–Trinajstić information content (AvgIpc) is 2.80. The van der Waals surface area contributed by atoms with Gasteiger partial charge in [-0.3, -0.25) is 9.52 Å². The molecule has 0 aliphatic carbocycles. The zero-order chi connectivity index (χ0) is 24.2. The number of phenols is 1. The predicted octanol–water partition coefficient (Wildman–Crippen LogP) is 3.78. The molecule has 3 aromatic carbocycles. The topological polar surface area (TPSA) is 123 Å². The molecule has 0 bridgehead atoms. The summed E-state index contributed by atoms with van der Waals surface area (Å²) in [4.78, 5) is 12.7. The monoisotopic (exact) mass is 472 g/mol. The van der Waals surface area contributed by atoms with E-state index in [1.807, 2.05) is 0 Å². The minimum absolute atomic E-state index is 0.0820. The van der Waals surface area contributed by atoms with Gasteiger partial charge in [-0.2, -0.15) is 0 Å². The van der Waals surface area contributed by atoms with Crippen LogP contribution in [0.1, 0.15) is 15.9 Å². The van der Waals surface area contributed by atoms with Crippen molar-refractivity contribution in [2.24, 2.45) is 0 Å². The van der Waals surface area contributed by atoms with Gasteiger partial charge >= 0.3 is 0 Å². The van der Waals surface area contributed by atoms with E-state index in [1.54, 1.807) is 31.2 Å². The van der Waals surface area contributed by atoms with E-state index in [0.29, 0.717) is 17.2 Å². The van der Waals surface area contributed by atoms with E-state index in [9.17, 15) is 18.3 Å². The first-order chi connectivity index (χ1) is 15.7. The summed E-state index contributed by atoms with van der Waals surface area (Å²) in [6.45, 7) is 1.79. The van der Waals surface area contributed by atoms with Crippen LogP contribution < -0.4 is 24.2 Å². The summed E-state index contributed by atoms with van der Waals surface area (Å²) in [5.74, 6) is 0.345. The number of carbonyl (C=O) groups excluding carboxylic acids is 1. The number of hydrogen-bond donors (Lipinski definition) is 3. The van der Waals surface area contributed by atoms with Crippen molar-refractivity contribution in [3.05, 3.63) is 65.7 Å². The van der Waals surface area contributed by atoms with Crippen molar-refractivity contribution in [1.82, 2.24) is 0 Å². The molecule has 0 heterocycles. The Kier molecular flexibility index (Phi) is 6.98. The van der Waals surface area contributed by atoms with Crippen LogP contribution in [-0.2, 0) is 10.0 Å². The zero-order valence-corrected chi connectivity index (χ0v) is 19.3. The van der Waals surface area contributed by atoms with Crippen molar-refractivity contribution < 1.29 is 32.5 Å². The molecule has 3 aromatic rings. The zero-order valence-electron chi connectivity index (χ0n) is 18.5. The number of anilines is 2. The Bertz CT molecular complexity index is 1260. The summed E-state index contributed by atoms with van der Waals surface area (Å²) in [5, 5.41) is 12.7. The minimum Gasteiger partial charge on any atom is -0.506 e. The van der Waals surface area contributed by atoms with Crippen LogP contribution in [0.4, 0.5) is 11.4 Å². The molecule has 0 spiro atoms. The highest BCUT2D eigenvalue weighted by atomic mass is 32.2. The molecule has 0 saturated heterocycles. The second kappa shape index (κ2) is 9.70. The first-order valence-corrected chi connectivity index (χ1v) is 11.2. The number of amides is 1. The molecule has 0 aliphatic rings. The van der Waals surface area contributed by atoms with Crippen LogP contribution in [0.25, 0.3) is 0 Å². The molecule has 9 nitrogen and oxygen atoms in total. The summed E-state index contributed by atoms with van der Waals surface area (Å²) in [6.07, 6.45) is 0. The van der Waals surface area contributed by atoms with Gasteiger partial charge in [-0.05, 0) is 49.4 Å². The molecule has 0 unspecified atom stereocenters. The molecular weight excluding hydrogens is 448 g/mol. The van der Waals surface area contributed by atoms with Crippen molar-refractivity contribution >= 4 is 27.3 Å². The van der Waals surface area contributed by atoms with Crippen molar-refractivity contribution in [2.75, 3.05) is 31.4 Å². The predicted molar refractivity (Wildman–Crippen MR) is 124 cm³/mol. The number of hydrogen-bond acceptors (Lipinski definition) is 7. The molecule has 1 amide bonds. The fourth-order valence-electron chi connectivity index (χ4n) is 3.13. The molecule has 0 atom stereocenters. The summed E-state index contributed by atoms with van der Waals surface area (Å²) in [6, 6.07) is 13.1. The lowest BCUT2D eigenvalue weighted by Crippen LogP contribution is -2.16. The molecular formula is C23H24N2O7S. The molecule has 174 valence electrons. The number of methoxy groups -OCH3 is 3. The summed E-state index contributed by atoms with van der Waals surface area (Å²) in [5.41, 5.74) is 1.09. The third kappa shape index (κ3) is 5.12. The minimum atomic E-state index is -4.04. The van der Waals surface area contributed by atoms with E-state index < -0.39 is 15.9 Å². The number of para-hydroxylation sites is 2. The molecule has 0 saturated carbocycles. The molecule has 33 heavy (non-hydrogen) atoms. The molecule has 3 N–H and O–H groups in total. The van der Waals surface area contributed by atoms with Gasteiger partial charge in [0, 0.05) is 11.1 Å². The molecule has 0 radical (unpaired) electrons. The fraction of sp³-hybridized carbons (Fsp3) is 0.174. The maximum Gasteiger partial charge on any atom is 0.262 e. The number of nitrogens with one attached hydrogen (secondary N) is 2. The van der Waals surface area contributed by atoms with Gasteiger partial charge in [-0.1, -0.05) is 12.1 Å². The lowest BCUT2D eigenvalue weighted by Gasteiger charge is -2.15. The molecule has 10 heteroatoms. The van der Waals surface area contributed by atoms with Gasteiger partial charge in [-0.25, -0.2) is 8.42 Å². The van der Waals surface area contributed by atoms with Crippen molar-refractivity contribution in [3.63, 3.8) is 0 Å². The normalized spacial score (nSPS) is 10.9. The lowest BCUT2D eigenvalue weighted by molar-refractivity contribution is 0.102. The van der Waals surface area contributed by atoms with Crippen molar-refractivity contribution in [1.29, 1.82) is 0 Å². The average molecular weight is 473 g/mol. The number of ether oxygens (including phenoxy) is 3. The Morgan fingerprint density at radius 1 is 0.848 bits per heavy atom. The number of phenolic OH excluding ortho intramolecular Hbond substituents is 1. The van der Waals surface area contributed by atoms with Crippen LogP contribution in [0.15, 0.2) is 59.5 Å². The SMILES string of the molecule is COc1ccccc1NS(=O)(=O)c1ccc(O)c(NC(=O)c2cc(OC)c(C)c(OC)c2)c1. The van der Waals surface area contributed by atoms with E-state index in [0.717, 1.165) is 11.6 Å². The third-order valence-corrected chi connectivity index (χ3v) is 6.26. The van der Waals surface area contributed by atoms with Crippen LogP contribution in [0.3, 0.4) is 0 Å². The van der Waals surface area contributed by atoms with Gasteiger partial charge in [-0.15, -0.1) is 0 Å². The molecule has 0 aromatic heterocycles. The van der Waals surface area contributed by atoms with E-state index >= 15 is 0 Å². The molecule has 0 fully saturated rings. The van der Waals surface area contributed by atoms with E-state index in [4.69, 9.17) is 14.2 Å². The standard InChI is InChI=1S/C23H24N2O7S/c1-14-21(31-3)11-15(12-22(14)32-4)23(27)24-18-13-16(9-10-19(18)26)33(28,29)25-17-7-5-6-8-20(17)30-2/h5-13,25-26H,1-4H3,(H,24,27). The maximum atomic E-state index is 12.9. The highest BCUT2D eigenvalue weighted by molar-refractivity contribution is 7.92. The summed E-state index contributed by atoms with van der Waals surface area (Å²) in [7, 11) is 0.323. The number of benzene rings is 3. The Morgan fingerprint density at radius 2 is 1.45 bits per heavy atom. The second-order valence-corrected chi connectivity index (χ2v) is 8.63. The van der Waals surface area contributed by atoms with Gasteiger partial charge in [0.1, 0.15) is 23.0 Å². The van der Waals surface area contributed by atoms with Gasteiger partial charge in [0.05, 0.1) is 37.6 Å². The fourth-order valence-corrected chi connectivity index (χ4v) is 4.22. The summed E-state index contributed by atoms with van der Waals surface area (Å²) >= 11 is 0. The first-order valence-electron chi connectivity index (χ1n) is 9.73. The molecule has 0 aliphatic heterocycles. The van der Waals surface area contributed by atoms with Crippen molar-refractivity contribution in [3.8, 4) is 23.0 Å². The van der Waals surface area contributed by atoms with Gasteiger partial charge < -0.3 is 24.6 Å². The Hall–Kier alpha value is -3.92. The van der Waals surface area contributed by atoms with E-state index in [2.05, 4.69) is 10.0 Å². The van der Waals surface area contributed by atoms with Crippen LogP contribution in [0, 0.1) is 6.92 Å². The van der Waals surface area contributed by atoms with Gasteiger partial charge in [0.2, 0.25) is 0 Å². The highest BCUT2D eigenvalue weighted by Gasteiger charge is 2.20. The Morgan fingerprint density at radius 3 is 2.06 bits per heavy atom. The lowest BCUT2D eigenvalue weighted by atomic mass is 10.1. The van der Waals surface area contributed by atoms with E-state index in [-0.39, 0.29) is 27.6 Å². The van der Waals surface area contributed by atoms with Crippen LogP contribution in [0.2, 0.25) is 0 Å². The van der Waals surface area contributed by atoms with Crippen LogP contribution in [0.5, 0.6) is 23.0 Å². The number of carbonyl (C=O) groups is 1. The van der Waals surface area contributed by atoms with Crippen LogP contribution >= 0.6 is 0 Å². The third-order valence-electron chi connectivity index (χ3n) is 4.89. The van der Waals surface area contributed by atoms with Gasteiger partial charge in [0.25, 0.3) is 15.9 Å². The quantitative estimate of drug-likeness (QED) is 0.426. The van der Waals surface area contributed by atoms with Gasteiger partial charge in [0.15, 0.2) is 0 Å².